The predicted octanol–water partition coefficient (Wildman–Crippen LogP) is 4.87. The van der Waals surface area contributed by atoms with Crippen molar-refractivity contribution in [2.75, 3.05) is 18.9 Å². The smallest absolute Gasteiger partial charge is 0.0576 e. The van der Waals surface area contributed by atoms with Gasteiger partial charge in [0.15, 0.2) is 0 Å². The minimum atomic E-state index is 0.506. The standard InChI is InChI=1S/C17H26BrNOS/c1-2-10-19-15(8-9-16-6-4-11-20-16)13-21-17-7-3-5-14(18)12-17/h3,5,7,12,15-16,19H,2,4,6,8-11,13H2,1H3. The zero-order valence-electron chi connectivity index (χ0n) is 12.8. The summed E-state index contributed by atoms with van der Waals surface area (Å²) in [6, 6.07) is 9.15. The summed E-state index contributed by atoms with van der Waals surface area (Å²) in [4.78, 5) is 1.34. The molecule has 2 nitrogen and oxygen atoms in total. The van der Waals surface area contributed by atoms with Crippen LogP contribution in [0.3, 0.4) is 0 Å². The molecule has 0 bridgehead atoms. The lowest BCUT2D eigenvalue weighted by atomic mass is 10.1. The molecule has 0 amide bonds. The van der Waals surface area contributed by atoms with Crippen LogP contribution in [0.5, 0.6) is 0 Å². The van der Waals surface area contributed by atoms with Crippen molar-refractivity contribution in [2.45, 2.75) is 56.1 Å². The fourth-order valence-electron chi connectivity index (χ4n) is 2.61. The van der Waals surface area contributed by atoms with Gasteiger partial charge in [0.05, 0.1) is 6.10 Å². The van der Waals surface area contributed by atoms with Gasteiger partial charge in [0.2, 0.25) is 0 Å². The Labute approximate surface area is 141 Å². The summed E-state index contributed by atoms with van der Waals surface area (Å²) in [5.41, 5.74) is 0. The summed E-state index contributed by atoms with van der Waals surface area (Å²) >= 11 is 5.48. The molecule has 1 heterocycles. The van der Waals surface area contributed by atoms with Crippen LogP contribution in [0.2, 0.25) is 0 Å². The van der Waals surface area contributed by atoms with Gasteiger partial charge in [-0.3, -0.25) is 0 Å². The van der Waals surface area contributed by atoms with Gasteiger partial charge in [0.25, 0.3) is 0 Å². The average Bonchev–Trinajstić information content (AvgIpc) is 3.00. The van der Waals surface area contributed by atoms with Crippen LogP contribution >= 0.6 is 27.7 Å². The van der Waals surface area contributed by atoms with Crippen LogP contribution in [0.1, 0.15) is 39.0 Å². The lowest BCUT2D eigenvalue weighted by Crippen LogP contribution is -2.32. The molecular formula is C17H26BrNOS. The molecular weight excluding hydrogens is 346 g/mol. The van der Waals surface area contributed by atoms with Crippen LogP contribution in [-0.2, 0) is 4.74 Å². The topological polar surface area (TPSA) is 21.3 Å². The van der Waals surface area contributed by atoms with E-state index in [1.807, 2.05) is 11.8 Å². The van der Waals surface area contributed by atoms with Crippen molar-refractivity contribution in [1.29, 1.82) is 0 Å². The molecule has 0 aliphatic carbocycles. The van der Waals surface area contributed by atoms with Crippen LogP contribution in [0.15, 0.2) is 33.6 Å². The third-order valence-corrected chi connectivity index (χ3v) is 5.44. The number of ether oxygens (including phenoxy) is 1. The molecule has 0 spiro atoms. The van der Waals surface area contributed by atoms with E-state index in [1.54, 1.807) is 0 Å². The van der Waals surface area contributed by atoms with E-state index in [1.165, 1.54) is 37.0 Å². The molecule has 1 aliphatic rings. The molecule has 4 heteroatoms. The maximum absolute atomic E-state index is 5.75. The third-order valence-electron chi connectivity index (χ3n) is 3.79. The van der Waals surface area contributed by atoms with Crippen LogP contribution in [0.4, 0.5) is 0 Å². The van der Waals surface area contributed by atoms with Crippen LogP contribution in [0, 0.1) is 0 Å². The summed E-state index contributed by atoms with van der Waals surface area (Å²) in [7, 11) is 0. The van der Waals surface area contributed by atoms with Gasteiger partial charge in [-0.05, 0) is 56.8 Å². The molecule has 1 fully saturated rings. The van der Waals surface area contributed by atoms with E-state index in [-0.39, 0.29) is 0 Å². The third kappa shape index (κ3) is 6.72. The molecule has 1 aromatic rings. The molecule has 2 atom stereocenters. The highest BCUT2D eigenvalue weighted by Gasteiger charge is 2.17. The molecule has 2 rings (SSSR count). The van der Waals surface area contributed by atoms with E-state index in [0.717, 1.165) is 23.4 Å². The van der Waals surface area contributed by atoms with E-state index in [4.69, 9.17) is 4.74 Å². The molecule has 1 saturated heterocycles. The molecule has 2 unspecified atom stereocenters. The highest BCUT2D eigenvalue weighted by Crippen LogP contribution is 2.24. The SMILES string of the molecule is CCCNC(CCC1CCCO1)CSc1cccc(Br)c1. The fourth-order valence-corrected chi connectivity index (χ4v) is 4.22. The number of hydrogen-bond acceptors (Lipinski definition) is 3. The maximum atomic E-state index is 5.75. The zero-order valence-corrected chi connectivity index (χ0v) is 15.2. The highest BCUT2D eigenvalue weighted by molar-refractivity contribution is 9.10. The summed E-state index contributed by atoms with van der Waals surface area (Å²) in [5, 5.41) is 3.69. The Bertz CT molecular complexity index is 410. The van der Waals surface area contributed by atoms with Crippen molar-refractivity contribution >= 4 is 27.7 Å². The normalized spacial score (nSPS) is 19.8. The van der Waals surface area contributed by atoms with Crippen LogP contribution < -0.4 is 5.32 Å². The first-order valence-corrected chi connectivity index (χ1v) is 9.79. The van der Waals surface area contributed by atoms with Crippen molar-refractivity contribution in [1.82, 2.24) is 5.32 Å². The average molecular weight is 372 g/mol. The summed E-state index contributed by atoms with van der Waals surface area (Å²) < 4.78 is 6.90. The Balaban J connectivity index is 1.77. The Hall–Kier alpha value is -0.0300. The van der Waals surface area contributed by atoms with Gasteiger partial charge >= 0.3 is 0 Å². The van der Waals surface area contributed by atoms with E-state index < -0.39 is 0 Å². The van der Waals surface area contributed by atoms with Crippen molar-refractivity contribution in [3.05, 3.63) is 28.7 Å². The van der Waals surface area contributed by atoms with E-state index >= 15 is 0 Å². The number of benzene rings is 1. The van der Waals surface area contributed by atoms with Crippen molar-refractivity contribution < 1.29 is 4.74 Å². The quantitative estimate of drug-likeness (QED) is 0.625. The predicted molar refractivity (Wildman–Crippen MR) is 95.2 cm³/mol. The number of hydrogen-bond donors (Lipinski definition) is 1. The molecule has 0 radical (unpaired) electrons. The summed E-state index contributed by atoms with van der Waals surface area (Å²) in [5.74, 6) is 1.13. The lowest BCUT2D eigenvalue weighted by molar-refractivity contribution is 0.100. The first-order chi connectivity index (χ1) is 10.3. The van der Waals surface area contributed by atoms with Gasteiger partial charge in [-0.25, -0.2) is 0 Å². The molecule has 118 valence electrons. The zero-order chi connectivity index (χ0) is 14.9. The molecule has 21 heavy (non-hydrogen) atoms. The first-order valence-electron chi connectivity index (χ1n) is 8.01. The Morgan fingerprint density at radius 1 is 1.48 bits per heavy atom. The van der Waals surface area contributed by atoms with E-state index in [2.05, 4.69) is 52.4 Å². The first kappa shape index (κ1) is 17.3. The van der Waals surface area contributed by atoms with Gasteiger partial charge in [-0.2, -0.15) is 0 Å². The number of thioether (sulfide) groups is 1. The monoisotopic (exact) mass is 371 g/mol. The van der Waals surface area contributed by atoms with Crippen molar-refractivity contribution in [3.63, 3.8) is 0 Å². The van der Waals surface area contributed by atoms with E-state index in [9.17, 15) is 0 Å². The Kier molecular flexibility index (Phi) is 8.15. The Morgan fingerprint density at radius 3 is 3.10 bits per heavy atom. The lowest BCUT2D eigenvalue weighted by Gasteiger charge is -2.20. The van der Waals surface area contributed by atoms with Gasteiger partial charge < -0.3 is 10.1 Å². The second-order valence-corrected chi connectivity index (χ2v) is 7.64. The number of rotatable bonds is 9. The molecule has 1 aliphatic heterocycles. The minimum Gasteiger partial charge on any atom is -0.378 e. The Morgan fingerprint density at radius 2 is 2.38 bits per heavy atom. The highest BCUT2D eigenvalue weighted by atomic mass is 79.9. The number of nitrogens with one attached hydrogen (secondary N) is 1. The molecule has 0 aromatic heterocycles. The van der Waals surface area contributed by atoms with Gasteiger partial charge in [0.1, 0.15) is 0 Å². The van der Waals surface area contributed by atoms with Crippen molar-refractivity contribution in [2.24, 2.45) is 0 Å². The van der Waals surface area contributed by atoms with Crippen LogP contribution in [-0.4, -0.2) is 31.1 Å². The van der Waals surface area contributed by atoms with Gasteiger partial charge in [-0.15, -0.1) is 11.8 Å². The largest absolute Gasteiger partial charge is 0.378 e. The minimum absolute atomic E-state index is 0.506. The number of halogens is 1. The molecule has 0 saturated carbocycles. The fraction of sp³-hybridized carbons (Fsp3) is 0.647. The second-order valence-electron chi connectivity index (χ2n) is 5.63. The van der Waals surface area contributed by atoms with E-state index in [0.29, 0.717) is 12.1 Å². The van der Waals surface area contributed by atoms with Crippen molar-refractivity contribution in [3.8, 4) is 0 Å². The summed E-state index contributed by atoms with van der Waals surface area (Å²) in [6.45, 7) is 4.30. The maximum Gasteiger partial charge on any atom is 0.0576 e. The molecule has 1 aromatic carbocycles. The second kappa shape index (κ2) is 9.88. The van der Waals surface area contributed by atoms with Gasteiger partial charge in [0, 0.05) is 27.8 Å². The molecule has 1 N–H and O–H groups in total. The van der Waals surface area contributed by atoms with Crippen LogP contribution in [0.25, 0.3) is 0 Å². The van der Waals surface area contributed by atoms with Gasteiger partial charge in [-0.1, -0.05) is 28.9 Å². The summed E-state index contributed by atoms with van der Waals surface area (Å²) in [6.07, 6.45) is 6.60.